The first kappa shape index (κ1) is 14.8. The molecule has 0 saturated heterocycles. The summed E-state index contributed by atoms with van der Waals surface area (Å²) in [5.74, 6) is -0.335. The molecule has 0 saturated carbocycles. The van der Waals surface area contributed by atoms with E-state index in [1.165, 1.54) is 12.1 Å². The molecule has 1 N–H and O–H groups in total. The molecule has 5 heteroatoms. The van der Waals surface area contributed by atoms with Gasteiger partial charge < -0.3 is 5.32 Å². The zero-order valence-corrected chi connectivity index (χ0v) is 13.0. The summed E-state index contributed by atoms with van der Waals surface area (Å²) in [7, 11) is 0. The third-order valence-corrected chi connectivity index (χ3v) is 3.99. The molecule has 0 aromatic heterocycles. The Hall–Kier alpha value is -1.57. The van der Waals surface area contributed by atoms with Crippen LogP contribution in [-0.2, 0) is 0 Å². The summed E-state index contributed by atoms with van der Waals surface area (Å²) in [4.78, 5) is 0. The van der Waals surface area contributed by atoms with Gasteiger partial charge >= 0.3 is 0 Å². The SMILES string of the molecule is Cc1cc(F)cc(NC(C#N)c2ccc(Br)c(Cl)c2)c1. The molecule has 0 amide bonds. The number of benzene rings is 2. The Morgan fingerprint density at radius 3 is 2.65 bits per heavy atom. The predicted octanol–water partition coefficient (Wildman–Crippen LogP) is 5.23. The molecule has 0 aliphatic heterocycles. The molecule has 1 unspecified atom stereocenters. The molecule has 2 nitrogen and oxygen atoms in total. The summed E-state index contributed by atoms with van der Waals surface area (Å²) in [5.41, 5.74) is 2.08. The highest BCUT2D eigenvalue weighted by atomic mass is 79.9. The summed E-state index contributed by atoms with van der Waals surface area (Å²) >= 11 is 9.33. The quantitative estimate of drug-likeness (QED) is 0.820. The number of aryl methyl sites for hydroxylation is 1. The van der Waals surface area contributed by atoms with Crippen molar-refractivity contribution in [2.75, 3.05) is 5.32 Å². The molecule has 0 bridgehead atoms. The van der Waals surface area contributed by atoms with Gasteiger partial charge in [0.05, 0.1) is 11.1 Å². The van der Waals surface area contributed by atoms with Crippen LogP contribution < -0.4 is 5.32 Å². The number of hydrogen-bond donors (Lipinski definition) is 1. The van der Waals surface area contributed by atoms with Crippen molar-refractivity contribution in [1.29, 1.82) is 5.26 Å². The molecule has 0 heterocycles. The van der Waals surface area contributed by atoms with Crippen molar-refractivity contribution in [2.24, 2.45) is 0 Å². The first-order valence-corrected chi connectivity index (χ1v) is 7.05. The van der Waals surface area contributed by atoms with E-state index in [0.717, 1.165) is 15.6 Å². The molecule has 1 atom stereocenters. The van der Waals surface area contributed by atoms with E-state index >= 15 is 0 Å². The monoisotopic (exact) mass is 352 g/mol. The smallest absolute Gasteiger partial charge is 0.140 e. The lowest BCUT2D eigenvalue weighted by Crippen LogP contribution is -2.08. The first-order chi connectivity index (χ1) is 9.49. The summed E-state index contributed by atoms with van der Waals surface area (Å²) in [6.07, 6.45) is 0. The van der Waals surface area contributed by atoms with Crippen LogP contribution in [0.1, 0.15) is 17.2 Å². The Morgan fingerprint density at radius 2 is 2.05 bits per heavy atom. The minimum atomic E-state index is -0.596. The maximum atomic E-state index is 13.4. The Kier molecular flexibility index (Phi) is 4.64. The first-order valence-electron chi connectivity index (χ1n) is 5.88. The van der Waals surface area contributed by atoms with Crippen molar-refractivity contribution < 1.29 is 4.39 Å². The van der Waals surface area contributed by atoms with Gasteiger partial charge in [-0.2, -0.15) is 5.26 Å². The third kappa shape index (κ3) is 3.50. The lowest BCUT2D eigenvalue weighted by molar-refractivity contribution is 0.627. The number of hydrogen-bond acceptors (Lipinski definition) is 2. The largest absolute Gasteiger partial charge is 0.366 e. The van der Waals surface area contributed by atoms with Crippen LogP contribution in [0.4, 0.5) is 10.1 Å². The number of nitriles is 1. The Bertz CT molecular complexity index is 662. The second kappa shape index (κ2) is 6.25. The minimum Gasteiger partial charge on any atom is -0.366 e. The van der Waals surface area contributed by atoms with Crippen LogP contribution in [-0.4, -0.2) is 0 Å². The van der Waals surface area contributed by atoms with Gasteiger partial charge in [0, 0.05) is 10.2 Å². The number of rotatable bonds is 3. The van der Waals surface area contributed by atoms with Gasteiger partial charge in [-0.05, 0) is 64.3 Å². The molecular formula is C15H11BrClFN2. The van der Waals surface area contributed by atoms with E-state index in [1.54, 1.807) is 31.2 Å². The highest BCUT2D eigenvalue weighted by molar-refractivity contribution is 9.10. The molecule has 0 aliphatic rings. The third-order valence-electron chi connectivity index (χ3n) is 2.76. The predicted molar refractivity (Wildman–Crippen MR) is 82.3 cm³/mol. The van der Waals surface area contributed by atoms with E-state index in [-0.39, 0.29) is 5.82 Å². The van der Waals surface area contributed by atoms with E-state index in [1.807, 2.05) is 0 Å². The molecule has 0 radical (unpaired) electrons. The van der Waals surface area contributed by atoms with Crippen molar-refractivity contribution in [3.05, 3.63) is 62.8 Å². The van der Waals surface area contributed by atoms with E-state index in [0.29, 0.717) is 10.7 Å². The number of anilines is 1. The number of halogens is 3. The minimum absolute atomic E-state index is 0.335. The van der Waals surface area contributed by atoms with Gasteiger partial charge in [-0.3, -0.25) is 0 Å². The highest BCUT2D eigenvalue weighted by Gasteiger charge is 2.12. The molecule has 102 valence electrons. The second-order valence-corrected chi connectivity index (χ2v) is 5.66. The fourth-order valence-electron chi connectivity index (χ4n) is 1.87. The maximum Gasteiger partial charge on any atom is 0.140 e. The van der Waals surface area contributed by atoms with Gasteiger partial charge in [-0.25, -0.2) is 4.39 Å². The summed E-state index contributed by atoms with van der Waals surface area (Å²) in [6, 6.07) is 11.4. The van der Waals surface area contributed by atoms with Crippen molar-refractivity contribution in [2.45, 2.75) is 13.0 Å². The van der Waals surface area contributed by atoms with Crippen molar-refractivity contribution >= 4 is 33.2 Å². The summed E-state index contributed by atoms with van der Waals surface area (Å²) in [5, 5.41) is 12.8. The average Bonchev–Trinajstić information content (AvgIpc) is 2.38. The zero-order valence-electron chi connectivity index (χ0n) is 10.6. The van der Waals surface area contributed by atoms with Crippen LogP contribution in [0.2, 0.25) is 5.02 Å². The second-order valence-electron chi connectivity index (χ2n) is 4.40. The van der Waals surface area contributed by atoms with Gasteiger partial charge in [0.2, 0.25) is 0 Å². The maximum absolute atomic E-state index is 13.4. The van der Waals surface area contributed by atoms with Crippen molar-refractivity contribution in [1.82, 2.24) is 0 Å². The number of nitrogens with zero attached hydrogens (tertiary/aromatic N) is 1. The molecule has 2 aromatic rings. The molecule has 0 aliphatic carbocycles. The van der Waals surface area contributed by atoms with Crippen molar-refractivity contribution in [3.63, 3.8) is 0 Å². The van der Waals surface area contributed by atoms with Crippen LogP contribution in [0.3, 0.4) is 0 Å². The fourth-order valence-corrected chi connectivity index (χ4v) is 2.30. The van der Waals surface area contributed by atoms with Crippen LogP contribution in [0, 0.1) is 24.1 Å². The normalized spacial score (nSPS) is 11.8. The van der Waals surface area contributed by atoms with Crippen LogP contribution >= 0.6 is 27.5 Å². The Morgan fingerprint density at radius 1 is 1.30 bits per heavy atom. The van der Waals surface area contributed by atoms with E-state index in [4.69, 9.17) is 11.6 Å². The zero-order chi connectivity index (χ0) is 14.7. The number of nitrogens with one attached hydrogen (secondary N) is 1. The van der Waals surface area contributed by atoms with Crippen LogP contribution in [0.5, 0.6) is 0 Å². The Balaban J connectivity index is 2.29. The van der Waals surface area contributed by atoms with Gasteiger partial charge in [0.25, 0.3) is 0 Å². The average molecular weight is 354 g/mol. The molecule has 0 fully saturated rings. The molecule has 20 heavy (non-hydrogen) atoms. The molecule has 2 rings (SSSR count). The fraction of sp³-hybridized carbons (Fsp3) is 0.133. The molecule has 2 aromatic carbocycles. The van der Waals surface area contributed by atoms with E-state index < -0.39 is 6.04 Å². The van der Waals surface area contributed by atoms with E-state index in [2.05, 4.69) is 27.3 Å². The van der Waals surface area contributed by atoms with Gasteiger partial charge in [-0.15, -0.1) is 0 Å². The lowest BCUT2D eigenvalue weighted by Gasteiger charge is -2.14. The summed E-state index contributed by atoms with van der Waals surface area (Å²) < 4.78 is 14.1. The van der Waals surface area contributed by atoms with Gasteiger partial charge in [-0.1, -0.05) is 17.7 Å². The topological polar surface area (TPSA) is 35.8 Å². The highest BCUT2D eigenvalue weighted by Crippen LogP contribution is 2.28. The molecular weight excluding hydrogens is 343 g/mol. The van der Waals surface area contributed by atoms with Crippen molar-refractivity contribution in [3.8, 4) is 6.07 Å². The standard InChI is InChI=1S/C15H11BrClFN2/c1-9-4-11(18)7-12(5-9)20-15(8-19)10-2-3-13(16)14(17)6-10/h2-7,15,20H,1H3. The summed E-state index contributed by atoms with van der Waals surface area (Å²) in [6.45, 7) is 1.80. The Labute approximate surface area is 130 Å². The van der Waals surface area contributed by atoms with Gasteiger partial charge in [0.15, 0.2) is 0 Å². The lowest BCUT2D eigenvalue weighted by atomic mass is 10.1. The van der Waals surface area contributed by atoms with Crippen LogP contribution in [0.15, 0.2) is 40.9 Å². The molecule has 0 spiro atoms. The van der Waals surface area contributed by atoms with E-state index in [9.17, 15) is 9.65 Å². The van der Waals surface area contributed by atoms with Gasteiger partial charge in [0.1, 0.15) is 11.9 Å². The van der Waals surface area contributed by atoms with Crippen LogP contribution in [0.25, 0.3) is 0 Å².